The average molecular weight is 194 g/mol. The van der Waals surface area contributed by atoms with Gasteiger partial charge in [0.2, 0.25) is 0 Å². The van der Waals surface area contributed by atoms with E-state index in [1.807, 2.05) is 0 Å². The summed E-state index contributed by atoms with van der Waals surface area (Å²) in [7, 11) is 0. The van der Waals surface area contributed by atoms with Crippen LogP contribution in [0.1, 0.15) is 16.8 Å². The third kappa shape index (κ3) is 2.97. The van der Waals surface area contributed by atoms with Gasteiger partial charge in [0.1, 0.15) is 5.82 Å². The molecule has 1 aromatic carbocycles. The van der Waals surface area contributed by atoms with E-state index in [9.17, 15) is 9.18 Å². The fourth-order valence-electron chi connectivity index (χ4n) is 0.961. The maximum atomic E-state index is 12.5. The second kappa shape index (κ2) is 5.11. The van der Waals surface area contributed by atoms with Gasteiger partial charge >= 0.3 is 0 Å². The van der Waals surface area contributed by atoms with Gasteiger partial charge in [0.25, 0.3) is 5.91 Å². The molecule has 0 spiro atoms. The standard InChI is InChI=1S/C10H11FN2O/c11-9-4-2-8(3-5-9)10(14)13-7-1-6-12/h2-6,12H,1,7H2,(H,13,14). The molecular formula is C10H11FN2O. The molecule has 2 N–H and O–H groups in total. The summed E-state index contributed by atoms with van der Waals surface area (Å²) in [5.41, 5.74) is 0.427. The van der Waals surface area contributed by atoms with Crippen molar-refractivity contribution < 1.29 is 9.18 Å². The Kier molecular flexibility index (Phi) is 3.79. The number of nitrogens with one attached hydrogen (secondary N) is 2. The number of hydrogen-bond donors (Lipinski definition) is 2. The van der Waals surface area contributed by atoms with Gasteiger partial charge in [-0.2, -0.15) is 0 Å². The molecule has 0 saturated heterocycles. The highest BCUT2D eigenvalue weighted by Crippen LogP contribution is 2.01. The van der Waals surface area contributed by atoms with Crippen molar-refractivity contribution in [2.75, 3.05) is 6.54 Å². The molecule has 0 aliphatic carbocycles. The van der Waals surface area contributed by atoms with Crippen LogP contribution in [0.25, 0.3) is 0 Å². The zero-order valence-corrected chi connectivity index (χ0v) is 7.59. The Hall–Kier alpha value is -1.71. The van der Waals surface area contributed by atoms with Gasteiger partial charge in [-0.1, -0.05) is 0 Å². The molecule has 0 unspecified atom stereocenters. The van der Waals surface area contributed by atoms with Crippen molar-refractivity contribution in [3.63, 3.8) is 0 Å². The van der Waals surface area contributed by atoms with E-state index >= 15 is 0 Å². The molecule has 74 valence electrons. The summed E-state index contributed by atoms with van der Waals surface area (Å²) >= 11 is 0. The molecule has 1 rings (SSSR count). The SMILES string of the molecule is N=CCCNC(=O)c1ccc(F)cc1. The minimum Gasteiger partial charge on any atom is -0.352 e. The van der Waals surface area contributed by atoms with Crippen LogP contribution in [0.2, 0.25) is 0 Å². The van der Waals surface area contributed by atoms with Crippen LogP contribution in [0.4, 0.5) is 4.39 Å². The van der Waals surface area contributed by atoms with Crippen molar-refractivity contribution in [1.29, 1.82) is 5.41 Å². The third-order valence-corrected chi connectivity index (χ3v) is 1.68. The van der Waals surface area contributed by atoms with E-state index in [-0.39, 0.29) is 11.7 Å². The van der Waals surface area contributed by atoms with Gasteiger partial charge in [0.05, 0.1) is 0 Å². The average Bonchev–Trinajstić information content (AvgIpc) is 2.19. The van der Waals surface area contributed by atoms with Gasteiger partial charge in [0, 0.05) is 12.1 Å². The van der Waals surface area contributed by atoms with Crippen LogP contribution in [0.15, 0.2) is 24.3 Å². The normalized spacial score (nSPS) is 9.50. The second-order valence-corrected chi connectivity index (χ2v) is 2.76. The topological polar surface area (TPSA) is 53.0 Å². The van der Waals surface area contributed by atoms with E-state index in [2.05, 4.69) is 5.32 Å². The molecule has 0 radical (unpaired) electrons. The number of benzene rings is 1. The number of amides is 1. The lowest BCUT2D eigenvalue weighted by molar-refractivity contribution is 0.0955. The molecule has 0 heterocycles. The van der Waals surface area contributed by atoms with Crippen molar-refractivity contribution in [1.82, 2.24) is 5.32 Å². The number of rotatable bonds is 4. The van der Waals surface area contributed by atoms with Crippen molar-refractivity contribution in [3.8, 4) is 0 Å². The zero-order chi connectivity index (χ0) is 10.4. The number of halogens is 1. The lowest BCUT2D eigenvalue weighted by Crippen LogP contribution is -2.24. The molecule has 14 heavy (non-hydrogen) atoms. The maximum Gasteiger partial charge on any atom is 0.251 e. The largest absolute Gasteiger partial charge is 0.352 e. The second-order valence-electron chi connectivity index (χ2n) is 2.76. The first kappa shape index (κ1) is 10.4. The Morgan fingerprint density at radius 2 is 2.07 bits per heavy atom. The molecule has 1 amide bonds. The lowest BCUT2D eigenvalue weighted by atomic mass is 10.2. The quantitative estimate of drug-likeness (QED) is 0.555. The fourth-order valence-corrected chi connectivity index (χ4v) is 0.961. The van der Waals surface area contributed by atoms with Crippen LogP contribution in [-0.4, -0.2) is 18.7 Å². The van der Waals surface area contributed by atoms with Gasteiger partial charge in [-0.3, -0.25) is 4.79 Å². The zero-order valence-electron chi connectivity index (χ0n) is 7.59. The van der Waals surface area contributed by atoms with Crippen molar-refractivity contribution in [2.45, 2.75) is 6.42 Å². The van der Waals surface area contributed by atoms with E-state index in [4.69, 9.17) is 5.41 Å². The molecule has 0 saturated carbocycles. The number of carbonyl (C=O) groups is 1. The van der Waals surface area contributed by atoms with E-state index < -0.39 is 0 Å². The summed E-state index contributed by atoms with van der Waals surface area (Å²) in [5, 5.41) is 9.36. The maximum absolute atomic E-state index is 12.5. The van der Waals surface area contributed by atoms with Crippen LogP contribution < -0.4 is 5.32 Å². The number of carbonyl (C=O) groups excluding carboxylic acids is 1. The molecule has 0 aromatic heterocycles. The third-order valence-electron chi connectivity index (χ3n) is 1.68. The van der Waals surface area contributed by atoms with E-state index in [1.54, 1.807) is 0 Å². The summed E-state index contributed by atoms with van der Waals surface area (Å²) in [6.07, 6.45) is 1.73. The van der Waals surface area contributed by atoms with Crippen molar-refractivity contribution in [2.24, 2.45) is 0 Å². The highest BCUT2D eigenvalue weighted by molar-refractivity contribution is 5.94. The molecular weight excluding hydrogens is 183 g/mol. The minimum absolute atomic E-state index is 0.244. The minimum atomic E-state index is -0.360. The molecule has 0 atom stereocenters. The Balaban J connectivity index is 2.52. The van der Waals surface area contributed by atoms with Crippen LogP contribution in [0, 0.1) is 11.2 Å². The fraction of sp³-hybridized carbons (Fsp3) is 0.200. The molecule has 0 aliphatic rings. The first-order valence-electron chi connectivity index (χ1n) is 4.26. The predicted octanol–water partition coefficient (Wildman–Crippen LogP) is 1.60. The summed E-state index contributed by atoms with van der Waals surface area (Å²) in [5.74, 6) is -0.604. The Labute approximate surface area is 81.5 Å². The first-order chi connectivity index (χ1) is 6.74. The number of hydrogen-bond acceptors (Lipinski definition) is 2. The smallest absolute Gasteiger partial charge is 0.251 e. The summed E-state index contributed by atoms with van der Waals surface area (Å²) < 4.78 is 12.5. The Morgan fingerprint density at radius 1 is 1.43 bits per heavy atom. The molecule has 0 bridgehead atoms. The van der Waals surface area contributed by atoms with Crippen molar-refractivity contribution in [3.05, 3.63) is 35.6 Å². The molecule has 1 aromatic rings. The van der Waals surface area contributed by atoms with E-state index in [1.165, 1.54) is 30.5 Å². The highest BCUT2D eigenvalue weighted by Gasteiger charge is 2.03. The molecule has 0 fully saturated rings. The van der Waals surface area contributed by atoms with Gasteiger partial charge in [-0.15, -0.1) is 0 Å². The lowest BCUT2D eigenvalue weighted by Gasteiger charge is -2.02. The monoisotopic (exact) mass is 194 g/mol. The Morgan fingerprint density at radius 3 is 2.64 bits per heavy atom. The highest BCUT2D eigenvalue weighted by atomic mass is 19.1. The van der Waals surface area contributed by atoms with Gasteiger partial charge in [0.15, 0.2) is 0 Å². The van der Waals surface area contributed by atoms with Crippen molar-refractivity contribution >= 4 is 12.1 Å². The molecule has 3 nitrogen and oxygen atoms in total. The van der Waals surface area contributed by atoms with Gasteiger partial charge in [-0.25, -0.2) is 4.39 Å². The summed E-state index contributed by atoms with van der Waals surface area (Å²) in [6, 6.07) is 5.33. The van der Waals surface area contributed by atoms with Gasteiger partial charge in [-0.05, 0) is 36.9 Å². The summed E-state index contributed by atoms with van der Waals surface area (Å²) in [6.45, 7) is 0.430. The van der Waals surface area contributed by atoms with E-state index in [0.29, 0.717) is 18.5 Å². The van der Waals surface area contributed by atoms with Crippen LogP contribution in [0.5, 0.6) is 0 Å². The first-order valence-corrected chi connectivity index (χ1v) is 4.26. The molecule has 0 aliphatic heterocycles. The molecule has 4 heteroatoms. The summed E-state index contributed by atoms with van der Waals surface area (Å²) in [4.78, 5) is 11.3. The predicted molar refractivity (Wildman–Crippen MR) is 52.1 cm³/mol. The van der Waals surface area contributed by atoms with Crippen LogP contribution in [0.3, 0.4) is 0 Å². The Bertz CT molecular complexity index is 321. The van der Waals surface area contributed by atoms with Crippen LogP contribution in [-0.2, 0) is 0 Å². The van der Waals surface area contributed by atoms with Gasteiger partial charge < -0.3 is 10.7 Å². The van der Waals surface area contributed by atoms with Crippen LogP contribution >= 0.6 is 0 Å². The van der Waals surface area contributed by atoms with E-state index in [0.717, 1.165) is 0 Å².